The Kier molecular flexibility index (Phi) is 11.6. The molecule has 4 unspecified atom stereocenters. The third kappa shape index (κ3) is 10.0. The molecule has 2 fully saturated rings. The largest absolute Gasteiger partial charge is 0.441 e. The number of alkyl carbamates (subject to hydrolysis) is 1. The third-order valence-corrected chi connectivity index (χ3v) is 8.85. The number of ether oxygens (including phenoxy) is 1. The van der Waals surface area contributed by atoms with Gasteiger partial charge in [0.1, 0.15) is 12.1 Å². The van der Waals surface area contributed by atoms with Crippen molar-refractivity contribution in [1.82, 2.24) is 16.0 Å². The van der Waals surface area contributed by atoms with Gasteiger partial charge >= 0.3 is 6.09 Å². The number of hydrogen-bond donors (Lipinski definition) is 4. The van der Waals surface area contributed by atoms with Gasteiger partial charge in [0, 0.05) is 22.9 Å². The number of Topliss-reactive ketones (excluding diaryl/α,β-unsaturated/α-hetero) is 1. The Morgan fingerprint density at radius 1 is 0.978 bits per heavy atom. The summed E-state index contributed by atoms with van der Waals surface area (Å²) in [7, 11) is 0. The highest BCUT2D eigenvalue weighted by Gasteiger charge is 2.41. The van der Waals surface area contributed by atoms with Crippen molar-refractivity contribution in [2.45, 2.75) is 95.4 Å². The molecule has 1 aliphatic carbocycles. The standard InChI is InChI=1S/C34H43ClN4O6/c1-34(2)20-24(31(42)39-34)19-26(29(40)30(36)41)37-32(43)27(17-21-10-5-3-6-11-21)38-33(44)45-28(23-13-7-4-8-14-23)18-22-12-9-15-25(35)16-22/h4,7-9,12-16,21,24,26-28H,3,5-6,10-11,17-20H2,1-2H3,(H2,36,41)(H,37,43)(H,38,44)(H,39,42). The number of nitrogens with one attached hydrogen (secondary N) is 3. The van der Waals surface area contributed by atoms with E-state index in [1.165, 1.54) is 0 Å². The number of amides is 4. The lowest BCUT2D eigenvalue weighted by Crippen LogP contribution is -2.54. The zero-order chi connectivity index (χ0) is 32.6. The Hall–Kier alpha value is -3.92. The Labute approximate surface area is 269 Å². The van der Waals surface area contributed by atoms with E-state index in [9.17, 15) is 24.0 Å². The molecule has 45 heavy (non-hydrogen) atoms. The zero-order valence-corrected chi connectivity index (χ0v) is 26.6. The van der Waals surface area contributed by atoms with E-state index in [1.54, 1.807) is 12.1 Å². The van der Waals surface area contributed by atoms with Crippen LogP contribution in [0.25, 0.3) is 0 Å². The van der Waals surface area contributed by atoms with Crippen molar-refractivity contribution in [3.8, 4) is 0 Å². The number of carbonyl (C=O) groups is 5. The molecule has 4 atom stereocenters. The molecule has 1 saturated carbocycles. The maximum atomic E-state index is 13.8. The molecule has 1 heterocycles. The Bertz CT molecular complexity index is 1380. The average molecular weight is 639 g/mol. The number of primary amides is 1. The first-order chi connectivity index (χ1) is 21.4. The monoisotopic (exact) mass is 638 g/mol. The van der Waals surface area contributed by atoms with Crippen LogP contribution in [-0.4, -0.2) is 47.2 Å². The molecule has 5 N–H and O–H groups in total. The Morgan fingerprint density at radius 2 is 1.69 bits per heavy atom. The first-order valence-electron chi connectivity index (χ1n) is 15.6. The maximum absolute atomic E-state index is 13.8. The highest BCUT2D eigenvalue weighted by atomic mass is 35.5. The Balaban J connectivity index is 1.52. The summed E-state index contributed by atoms with van der Waals surface area (Å²) in [5.74, 6) is -3.52. The van der Waals surface area contributed by atoms with Crippen LogP contribution in [0.5, 0.6) is 0 Å². The van der Waals surface area contributed by atoms with E-state index in [4.69, 9.17) is 22.1 Å². The zero-order valence-electron chi connectivity index (χ0n) is 25.9. The average Bonchev–Trinajstić information content (AvgIpc) is 3.26. The van der Waals surface area contributed by atoms with Crippen LogP contribution in [-0.2, 0) is 30.3 Å². The number of benzene rings is 2. The van der Waals surface area contributed by atoms with Crippen LogP contribution in [0.15, 0.2) is 54.6 Å². The first-order valence-corrected chi connectivity index (χ1v) is 16.0. The predicted octanol–water partition coefficient (Wildman–Crippen LogP) is 4.53. The number of halogens is 1. The molecule has 11 heteroatoms. The van der Waals surface area contributed by atoms with Crippen molar-refractivity contribution in [3.05, 3.63) is 70.7 Å². The molecule has 10 nitrogen and oxygen atoms in total. The number of carbonyl (C=O) groups excluding carboxylic acids is 5. The van der Waals surface area contributed by atoms with Crippen LogP contribution in [0, 0.1) is 11.8 Å². The van der Waals surface area contributed by atoms with Crippen molar-refractivity contribution in [1.29, 1.82) is 0 Å². The third-order valence-electron chi connectivity index (χ3n) is 8.62. The number of ketones is 1. The summed E-state index contributed by atoms with van der Waals surface area (Å²) in [5, 5.41) is 8.82. The van der Waals surface area contributed by atoms with Gasteiger partial charge in [-0.2, -0.15) is 0 Å². The van der Waals surface area contributed by atoms with Gasteiger partial charge in [0.15, 0.2) is 0 Å². The summed E-state index contributed by atoms with van der Waals surface area (Å²) in [5.41, 5.74) is 6.48. The number of nitrogens with two attached hydrogens (primary N) is 1. The molecule has 0 radical (unpaired) electrons. The molecule has 2 aliphatic rings. The van der Waals surface area contributed by atoms with Crippen LogP contribution >= 0.6 is 11.6 Å². The minimum absolute atomic E-state index is 0.0842. The van der Waals surface area contributed by atoms with Gasteiger partial charge in [-0.3, -0.25) is 19.2 Å². The van der Waals surface area contributed by atoms with Crippen LogP contribution < -0.4 is 21.7 Å². The van der Waals surface area contributed by atoms with Crippen molar-refractivity contribution in [2.24, 2.45) is 17.6 Å². The van der Waals surface area contributed by atoms with Crippen LogP contribution in [0.4, 0.5) is 4.79 Å². The summed E-state index contributed by atoms with van der Waals surface area (Å²) in [6.45, 7) is 3.72. The van der Waals surface area contributed by atoms with Gasteiger partial charge in [0.25, 0.3) is 5.91 Å². The van der Waals surface area contributed by atoms with Gasteiger partial charge in [0.05, 0.1) is 6.04 Å². The highest BCUT2D eigenvalue weighted by Crippen LogP contribution is 2.30. The van der Waals surface area contributed by atoms with Crippen LogP contribution in [0.2, 0.25) is 5.02 Å². The second kappa shape index (κ2) is 15.4. The first kappa shape index (κ1) is 34.0. The van der Waals surface area contributed by atoms with E-state index in [0.717, 1.165) is 43.2 Å². The number of rotatable bonds is 13. The molecule has 1 saturated heterocycles. The van der Waals surface area contributed by atoms with E-state index in [0.29, 0.717) is 24.3 Å². The van der Waals surface area contributed by atoms with E-state index < -0.39 is 53.3 Å². The fourth-order valence-electron chi connectivity index (χ4n) is 6.41. The maximum Gasteiger partial charge on any atom is 0.408 e. The van der Waals surface area contributed by atoms with Crippen LogP contribution in [0.3, 0.4) is 0 Å². The van der Waals surface area contributed by atoms with E-state index in [2.05, 4.69) is 16.0 Å². The van der Waals surface area contributed by atoms with Gasteiger partial charge < -0.3 is 26.4 Å². The molecule has 0 bridgehead atoms. The second-order valence-corrected chi connectivity index (χ2v) is 13.3. The van der Waals surface area contributed by atoms with Gasteiger partial charge in [-0.15, -0.1) is 0 Å². The summed E-state index contributed by atoms with van der Waals surface area (Å²) < 4.78 is 5.92. The summed E-state index contributed by atoms with van der Waals surface area (Å²) in [4.78, 5) is 64.5. The number of hydrogen-bond acceptors (Lipinski definition) is 6. The molecule has 0 aromatic heterocycles. The SMILES string of the molecule is CC1(C)CC(CC(NC(=O)C(CC2CCCCC2)NC(=O)OC(Cc2cccc(Cl)c2)c2ccccc2)C(=O)C(N)=O)C(=O)N1. The molecule has 2 aromatic carbocycles. The molecule has 4 amide bonds. The van der Waals surface area contributed by atoms with E-state index in [1.807, 2.05) is 56.3 Å². The van der Waals surface area contributed by atoms with Gasteiger partial charge in [0.2, 0.25) is 17.6 Å². The van der Waals surface area contributed by atoms with E-state index in [-0.39, 0.29) is 18.2 Å². The molecule has 4 rings (SSSR count). The van der Waals surface area contributed by atoms with Gasteiger partial charge in [-0.25, -0.2) is 4.79 Å². The van der Waals surface area contributed by atoms with Crippen molar-refractivity contribution in [2.75, 3.05) is 0 Å². The molecule has 2 aromatic rings. The quantitative estimate of drug-likeness (QED) is 0.236. The van der Waals surface area contributed by atoms with Crippen molar-refractivity contribution in [3.63, 3.8) is 0 Å². The topological polar surface area (TPSA) is 157 Å². The smallest absolute Gasteiger partial charge is 0.408 e. The fourth-order valence-corrected chi connectivity index (χ4v) is 6.63. The lowest BCUT2D eigenvalue weighted by Gasteiger charge is -2.28. The normalized spacial score (nSPS) is 19.9. The van der Waals surface area contributed by atoms with E-state index >= 15 is 0 Å². The fraction of sp³-hybridized carbons (Fsp3) is 0.500. The molecule has 242 valence electrons. The minimum atomic E-state index is -1.31. The van der Waals surface area contributed by atoms with Crippen molar-refractivity contribution < 1.29 is 28.7 Å². The van der Waals surface area contributed by atoms with Gasteiger partial charge in [-0.05, 0) is 62.3 Å². The van der Waals surface area contributed by atoms with Gasteiger partial charge in [-0.1, -0.05) is 86.2 Å². The van der Waals surface area contributed by atoms with Crippen molar-refractivity contribution >= 4 is 41.2 Å². The second-order valence-electron chi connectivity index (χ2n) is 12.9. The summed E-state index contributed by atoms with van der Waals surface area (Å²) in [6.07, 6.45) is 4.53. The lowest BCUT2D eigenvalue weighted by atomic mass is 9.84. The molecular weight excluding hydrogens is 596 g/mol. The minimum Gasteiger partial charge on any atom is -0.441 e. The lowest BCUT2D eigenvalue weighted by molar-refractivity contribution is -0.139. The molecule has 1 aliphatic heterocycles. The molecular formula is C34H43ClN4O6. The van der Waals surface area contributed by atoms with Crippen LogP contribution in [0.1, 0.15) is 82.4 Å². The summed E-state index contributed by atoms with van der Waals surface area (Å²) >= 11 is 6.20. The Morgan fingerprint density at radius 3 is 2.31 bits per heavy atom. The molecule has 0 spiro atoms. The highest BCUT2D eigenvalue weighted by molar-refractivity contribution is 6.38. The summed E-state index contributed by atoms with van der Waals surface area (Å²) in [6, 6.07) is 14.2. The predicted molar refractivity (Wildman–Crippen MR) is 170 cm³/mol.